The van der Waals surface area contributed by atoms with Gasteiger partial charge in [0.05, 0.1) is 5.41 Å². The second-order valence-electron chi connectivity index (χ2n) is 15.9. The summed E-state index contributed by atoms with van der Waals surface area (Å²) < 4.78 is 6.38. The van der Waals surface area contributed by atoms with Gasteiger partial charge in [0.15, 0.2) is 0 Å². The van der Waals surface area contributed by atoms with E-state index in [2.05, 4.69) is 200 Å². The maximum absolute atomic E-state index is 6.38. The van der Waals surface area contributed by atoms with Crippen LogP contribution in [0.3, 0.4) is 0 Å². The molecular weight excluding hydrogens is 701 g/mol. The van der Waals surface area contributed by atoms with Crippen LogP contribution in [0, 0.1) is 0 Å². The molecular formula is C57H34O. The Labute approximate surface area is 335 Å². The van der Waals surface area contributed by atoms with Crippen LogP contribution >= 0.6 is 0 Å². The van der Waals surface area contributed by atoms with E-state index in [0.29, 0.717) is 0 Å². The van der Waals surface area contributed by atoms with Crippen molar-refractivity contribution < 1.29 is 4.42 Å². The molecule has 1 heterocycles. The zero-order chi connectivity index (χ0) is 38.0. The third kappa shape index (κ3) is 4.25. The molecule has 0 saturated carbocycles. The van der Waals surface area contributed by atoms with Crippen LogP contribution in [0.4, 0.5) is 0 Å². The van der Waals surface area contributed by atoms with E-state index < -0.39 is 5.41 Å². The van der Waals surface area contributed by atoms with E-state index in [0.717, 1.165) is 27.5 Å². The van der Waals surface area contributed by atoms with Gasteiger partial charge in [0.2, 0.25) is 0 Å². The van der Waals surface area contributed by atoms with Crippen molar-refractivity contribution in [1.29, 1.82) is 0 Å². The fourth-order valence-corrected chi connectivity index (χ4v) is 10.6. The van der Waals surface area contributed by atoms with E-state index in [1.54, 1.807) is 0 Å². The Bertz CT molecular complexity index is 3510. The zero-order valence-electron chi connectivity index (χ0n) is 31.5. The Kier molecular flexibility index (Phi) is 6.43. The molecule has 0 atom stereocenters. The maximum atomic E-state index is 6.38. The van der Waals surface area contributed by atoms with Crippen molar-refractivity contribution in [2.24, 2.45) is 0 Å². The molecule has 1 aliphatic rings. The molecule has 0 unspecified atom stereocenters. The smallest absolute Gasteiger partial charge is 0.136 e. The number of hydrogen-bond acceptors (Lipinski definition) is 1. The number of benzene rings is 11. The molecule has 12 aromatic rings. The van der Waals surface area contributed by atoms with Crippen LogP contribution in [-0.4, -0.2) is 0 Å². The highest BCUT2D eigenvalue weighted by atomic mass is 16.3. The number of rotatable bonds is 4. The van der Waals surface area contributed by atoms with Gasteiger partial charge < -0.3 is 4.42 Å². The van der Waals surface area contributed by atoms with Gasteiger partial charge in [-0.2, -0.15) is 0 Å². The van der Waals surface area contributed by atoms with Crippen molar-refractivity contribution in [2.75, 3.05) is 0 Å². The van der Waals surface area contributed by atoms with Gasteiger partial charge in [0.1, 0.15) is 11.2 Å². The molecule has 1 aliphatic carbocycles. The van der Waals surface area contributed by atoms with Crippen LogP contribution in [0.1, 0.15) is 22.3 Å². The number of fused-ring (bicyclic) bond motifs is 8. The second-order valence-corrected chi connectivity index (χ2v) is 15.9. The highest BCUT2D eigenvalue weighted by molar-refractivity contribution is 6.24. The van der Waals surface area contributed by atoms with Crippen molar-refractivity contribution in [3.8, 4) is 33.4 Å². The van der Waals surface area contributed by atoms with Crippen LogP contribution in [-0.2, 0) is 5.41 Å². The molecule has 58 heavy (non-hydrogen) atoms. The minimum absolute atomic E-state index is 0.531. The molecule has 1 heteroatoms. The first-order valence-electron chi connectivity index (χ1n) is 20.2. The third-order valence-corrected chi connectivity index (χ3v) is 13.1. The Balaban J connectivity index is 1.08. The van der Waals surface area contributed by atoms with Gasteiger partial charge in [-0.05, 0) is 135 Å². The third-order valence-electron chi connectivity index (χ3n) is 13.1. The van der Waals surface area contributed by atoms with E-state index in [9.17, 15) is 0 Å². The molecule has 268 valence electrons. The van der Waals surface area contributed by atoms with Crippen molar-refractivity contribution >= 4 is 65.0 Å². The summed E-state index contributed by atoms with van der Waals surface area (Å²) in [6, 6.07) is 76.6. The first kappa shape index (κ1) is 31.7. The normalized spacial score (nSPS) is 13.3. The number of hydrogen-bond donors (Lipinski definition) is 0. The van der Waals surface area contributed by atoms with Crippen molar-refractivity contribution in [1.82, 2.24) is 0 Å². The summed E-state index contributed by atoms with van der Waals surface area (Å²) in [5, 5.41) is 12.6. The minimum atomic E-state index is -0.531. The SMILES string of the molecule is c1ccc(C2(c3ccccc3)c3cc(-c4cc5ccc6cccc7ccc(c4)c5c67)ccc3-c3c2ccc2c(-c4ccc5c(c4)oc4ccccc45)cccc32)cc1. The quantitative estimate of drug-likeness (QED) is 0.164. The summed E-state index contributed by atoms with van der Waals surface area (Å²) in [4.78, 5) is 0. The summed E-state index contributed by atoms with van der Waals surface area (Å²) >= 11 is 0. The predicted octanol–water partition coefficient (Wildman–Crippen LogP) is 15.3. The first-order valence-corrected chi connectivity index (χ1v) is 20.2. The van der Waals surface area contributed by atoms with Gasteiger partial charge in [-0.15, -0.1) is 0 Å². The lowest BCUT2D eigenvalue weighted by Gasteiger charge is -2.34. The Morgan fingerprint density at radius 3 is 1.67 bits per heavy atom. The van der Waals surface area contributed by atoms with Crippen molar-refractivity contribution in [3.63, 3.8) is 0 Å². The van der Waals surface area contributed by atoms with Gasteiger partial charge in [-0.3, -0.25) is 0 Å². The van der Waals surface area contributed by atoms with Gasteiger partial charge in [0.25, 0.3) is 0 Å². The van der Waals surface area contributed by atoms with E-state index in [1.165, 1.54) is 93.2 Å². The topological polar surface area (TPSA) is 13.1 Å². The van der Waals surface area contributed by atoms with Crippen LogP contribution in [0.2, 0.25) is 0 Å². The summed E-state index contributed by atoms with van der Waals surface area (Å²) in [5.74, 6) is 0. The largest absolute Gasteiger partial charge is 0.456 e. The molecule has 1 aromatic heterocycles. The van der Waals surface area contributed by atoms with Crippen LogP contribution in [0.5, 0.6) is 0 Å². The predicted molar refractivity (Wildman–Crippen MR) is 243 cm³/mol. The second kappa shape index (κ2) is 11.8. The van der Waals surface area contributed by atoms with Crippen LogP contribution in [0.25, 0.3) is 98.4 Å². The molecule has 0 bridgehead atoms. The minimum Gasteiger partial charge on any atom is -0.456 e. The van der Waals surface area contributed by atoms with Crippen LogP contribution in [0.15, 0.2) is 211 Å². The van der Waals surface area contributed by atoms with Crippen molar-refractivity contribution in [3.05, 3.63) is 229 Å². The number of furan rings is 1. The first-order chi connectivity index (χ1) is 28.7. The Morgan fingerprint density at radius 1 is 0.310 bits per heavy atom. The number of para-hydroxylation sites is 1. The van der Waals surface area contributed by atoms with Gasteiger partial charge in [-0.1, -0.05) is 170 Å². The van der Waals surface area contributed by atoms with E-state index in [-0.39, 0.29) is 0 Å². The fourth-order valence-electron chi connectivity index (χ4n) is 10.6. The molecule has 0 saturated heterocycles. The molecule has 0 amide bonds. The summed E-state index contributed by atoms with van der Waals surface area (Å²) in [6.45, 7) is 0. The molecule has 0 spiro atoms. The van der Waals surface area contributed by atoms with Gasteiger partial charge >= 0.3 is 0 Å². The fraction of sp³-hybridized carbons (Fsp3) is 0.0175. The molecule has 0 N–H and O–H groups in total. The van der Waals surface area contributed by atoms with Gasteiger partial charge in [0, 0.05) is 10.8 Å². The lowest BCUT2D eigenvalue weighted by atomic mass is 9.67. The zero-order valence-corrected chi connectivity index (χ0v) is 31.5. The monoisotopic (exact) mass is 734 g/mol. The molecule has 1 nitrogen and oxygen atoms in total. The Morgan fingerprint density at radius 2 is 0.914 bits per heavy atom. The average Bonchev–Trinajstić information content (AvgIpc) is 3.82. The van der Waals surface area contributed by atoms with E-state index >= 15 is 0 Å². The molecule has 0 radical (unpaired) electrons. The summed E-state index contributed by atoms with van der Waals surface area (Å²) in [5.41, 5.74) is 13.8. The van der Waals surface area contributed by atoms with Gasteiger partial charge in [-0.25, -0.2) is 0 Å². The lowest BCUT2D eigenvalue weighted by Crippen LogP contribution is -2.28. The van der Waals surface area contributed by atoms with Crippen LogP contribution < -0.4 is 0 Å². The molecule has 13 rings (SSSR count). The van der Waals surface area contributed by atoms with E-state index in [1.807, 2.05) is 6.07 Å². The average molecular weight is 735 g/mol. The van der Waals surface area contributed by atoms with E-state index in [4.69, 9.17) is 4.42 Å². The highest BCUT2D eigenvalue weighted by Crippen LogP contribution is 2.59. The van der Waals surface area contributed by atoms with Crippen molar-refractivity contribution in [2.45, 2.75) is 5.41 Å². The summed E-state index contributed by atoms with van der Waals surface area (Å²) in [6.07, 6.45) is 0. The molecule has 0 fully saturated rings. The molecule has 11 aromatic carbocycles. The highest BCUT2D eigenvalue weighted by Gasteiger charge is 2.47. The summed E-state index contributed by atoms with van der Waals surface area (Å²) in [7, 11) is 0. The molecule has 0 aliphatic heterocycles. The Hall–Kier alpha value is -7.48. The standard InChI is InChI=1S/C57H34O/c1-3-13-42(14-4-1)57(43-15-5-2-6-16-43)50-30-29-45-44(38-26-27-47-46-17-7-8-20-52(46)58-53(47)34-38)18-10-19-48(45)56(50)49-28-25-37(33-51(49)57)41-31-39-23-21-35-11-9-12-36-22-24-40(32-41)55(39)54(35)36/h1-34H. The maximum Gasteiger partial charge on any atom is 0.136 e. The lowest BCUT2D eigenvalue weighted by molar-refractivity contribution is 0.669.